The lowest BCUT2D eigenvalue weighted by Crippen LogP contribution is -2.61. The van der Waals surface area contributed by atoms with Crippen molar-refractivity contribution in [1.82, 2.24) is 10.2 Å². The summed E-state index contributed by atoms with van der Waals surface area (Å²) < 4.78 is 114. The van der Waals surface area contributed by atoms with E-state index in [4.69, 9.17) is 42.7 Å². The van der Waals surface area contributed by atoms with E-state index in [1.807, 2.05) is 6.92 Å². The van der Waals surface area contributed by atoms with Gasteiger partial charge in [0.25, 0.3) is 0 Å². The molecular formula is C52H86F3N3O18S. The maximum Gasteiger partial charge on any atom is 0.341 e. The number of aliphatic hydroxyl groups excluding tert-OH is 4. The molecule has 77 heavy (non-hydrogen) atoms. The molecule has 0 aromatic heterocycles. The summed E-state index contributed by atoms with van der Waals surface area (Å²) >= 11 is 0. The van der Waals surface area contributed by atoms with Crippen LogP contribution in [0.3, 0.4) is 0 Å². The van der Waals surface area contributed by atoms with E-state index in [1.54, 1.807) is 67.3 Å². The first-order valence-electron chi connectivity index (χ1n) is 26.1. The van der Waals surface area contributed by atoms with Crippen molar-refractivity contribution in [3.8, 4) is 0 Å². The number of rotatable bonds is 20. The summed E-state index contributed by atoms with van der Waals surface area (Å²) in [4.78, 5) is 34.5. The molecule has 0 aliphatic carbocycles. The Bertz CT molecular complexity index is 2190. The summed E-state index contributed by atoms with van der Waals surface area (Å²) in [6.07, 6.45) is -12.9. The summed E-state index contributed by atoms with van der Waals surface area (Å²) in [6, 6.07) is 1.61. The number of hydrogen-bond donors (Lipinski definition) is 6. The van der Waals surface area contributed by atoms with Crippen LogP contribution in [0.4, 0.5) is 13.2 Å². The van der Waals surface area contributed by atoms with Crippen LogP contribution < -0.4 is 5.32 Å². The van der Waals surface area contributed by atoms with Gasteiger partial charge in [0.15, 0.2) is 12.6 Å². The molecular weight excluding hydrogens is 1040 g/mol. The highest BCUT2D eigenvalue weighted by atomic mass is 32.2. The number of amides is 1. The number of hydrogen-bond acceptors (Lipinski definition) is 20. The van der Waals surface area contributed by atoms with Crippen molar-refractivity contribution < 1.29 is 99.4 Å². The Morgan fingerprint density at radius 2 is 1.56 bits per heavy atom. The number of oxime groups is 1. The fourth-order valence-electron chi connectivity index (χ4n) is 11.0. The van der Waals surface area contributed by atoms with Crippen LogP contribution in [0, 0.1) is 23.7 Å². The molecule has 3 fully saturated rings. The van der Waals surface area contributed by atoms with E-state index in [-0.39, 0.29) is 51.0 Å². The van der Waals surface area contributed by atoms with Crippen LogP contribution in [0.15, 0.2) is 34.3 Å². The highest BCUT2D eigenvalue weighted by Crippen LogP contribution is 2.42. The number of carbonyl (C=O) groups is 2. The van der Waals surface area contributed by atoms with E-state index in [2.05, 4.69) is 10.5 Å². The van der Waals surface area contributed by atoms with Gasteiger partial charge < -0.3 is 78.5 Å². The number of likely N-dealkylation sites (N-methyl/N-ethyl adjacent to an activating group) is 1. The number of methoxy groups -OCH3 is 3. The third-order valence-corrected chi connectivity index (χ3v) is 17.3. The lowest BCUT2D eigenvalue weighted by Gasteiger charge is -2.50. The first-order chi connectivity index (χ1) is 35.9. The predicted molar refractivity (Wildman–Crippen MR) is 272 cm³/mol. The largest absolute Gasteiger partial charge is 0.459 e. The van der Waals surface area contributed by atoms with Crippen LogP contribution in [0.25, 0.3) is 0 Å². The second-order valence-electron chi connectivity index (χ2n) is 21.7. The Labute approximate surface area is 451 Å². The molecule has 1 amide bonds. The van der Waals surface area contributed by atoms with Gasteiger partial charge in [-0.1, -0.05) is 45.0 Å². The lowest BCUT2D eigenvalue weighted by molar-refractivity contribution is -0.319. The standard InChI is InChI=1S/C52H86F3N3O18S/c1-15-37-52(10,65)44(62)29(4)40(57-71-26-68-12)27(2)23-51(9,70-14)46(30(5)43(31(6)47(64)74-37)75-39-24-50(8,69-13)45(63)32(7)73-39)76-48-42(61)36(22-28(3)72-48)58(11)21-20-38(59)56-35(25-53)41(60)33-16-18-34(19-17-33)77(66,67)49(54)55/h16-19,27-32,35-37,39,41-46,48-49,60-63,65H,15,20-26H2,1-14H3,(H,56,59)/b57-40+/t27-,28-,29+,30+,31-,32+,35-,36+,37-,39?,41-,42-,43+,44-,45+,46-,48+,50?,51?,52?/m1/s1. The van der Waals surface area contributed by atoms with Crippen molar-refractivity contribution in [3.63, 3.8) is 0 Å². The van der Waals surface area contributed by atoms with E-state index >= 15 is 0 Å². The minimum absolute atomic E-state index is 0.00277. The molecule has 6 N–H and O–H groups in total. The Morgan fingerprint density at radius 1 is 0.935 bits per heavy atom. The van der Waals surface area contributed by atoms with Crippen molar-refractivity contribution in [1.29, 1.82) is 0 Å². The number of benzene rings is 1. The van der Waals surface area contributed by atoms with Crippen molar-refractivity contribution in [2.45, 2.75) is 208 Å². The summed E-state index contributed by atoms with van der Waals surface area (Å²) in [6.45, 7) is 15.4. The predicted octanol–water partition coefficient (Wildman–Crippen LogP) is 3.79. The van der Waals surface area contributed by atoms with E-state index in [1.165, 1.54) is 28.3 Å². The number of esters is 1. The zero-order valence-electron chi connectivity index (χ0n) is 46.8. The van der Waals surface area contributed by atoms with Crippen molar-refractivity contribution in [2.75, 3.05) is 48.4 Å². The van der Waals surface area contributed by atoms with Gasteiger partial charge in [-0.15, -0.1) is 0 Å². The molecule has 0 radical (unpaired) electrons. The summed E-state index contributed by atoms with van der Waals surface area (Å²) in [5.41, 5.74) is -4.29. The number of ether oxygens (including phenoxy) is 8. The minimum atomic E-state index is -4.92. The molecule has 4 rings (SSSR count). The van der Waals surface area contributed by atoms with Crippen LogP contribution in [0.5, 0.6) is 0 Å². The maximum absolute atomic E-state index is 14.6. The summed E-state index contributed by atoms with van der Waals surface area (Å²) in [7, 11) is 1.07. The van der Waals surface area contributed by atoms with Gasteiger partial charge in [-0.2, -0.15) is 8.78 Å². The second-order valence-corrected chi connectivity index (χ2v) is 23.6. The molecule has 444 valence electrons. The molecule has 20 atom stereocenters. The van der Waals surface area contributed by atoms with Crippen LogP contribution >= 0.6 is 0 Å². The van der Waals surface area contributed by atoms with E-state index in [9.17, 15) is 56.7 Å². The zero-order chi connectivity index (χ0) is 58.1. The Balaban J connectivity index is 1.73. The summed E-state index contributed by atoms with van der Waals surface area (Å²) in [5.74, 6) is -8.71. The molecule has 0 saturated carbocycles. The molecule has 1 aromatic carbocycles. The monoisotopic (exact) mass is 1130 g/mol. The molecule has 0 spiro atoms. The number of aliphatic hydroxyl groups is 5. The normalized spacial score (nSPS) is 38.5. The van der Waals surface area contributed by atoms with Gasteiger partial charge >= 0.3 is 11.7 Å². The number of cyclic esters (lactones) is 1. The quantitative estimate of drug-likeness (QED) is 0.0469. The number of carbonyl (C=O) groups excluding carboxylic acids is 2. The Morgan fingerprint density at radius 3 is 2.12 bits per heavy atom. The van der Waals surface area contributed by atoms with Crippen molar-refractivity contribution in [2.24, 2.45) is 28.8 Å². The first kappa shape index (κ1) is 66.4. The summed E-state index contributed by atoms with van der Waals surface area (Å²) in [5, 5.41) is 65.2. The number of nitrogens with one attached hydrogen (secondary N) is 1. The third-order valence-electron chi connectivity index (χ3n) is 15.9. The zero-order valence-corrected chi connectivity index (χ0v) is 47.7. The van der Waals surface area contributed by atoms with Crippen LogP contribution in [0.1, 0.15) is 113 Å². The molecule has 0 bridgehead atoms. The van der Waals surface area contributed by atoms with Gasteiger partial charge in [0.05, 0.1) is 64.3 Å². The van der Waals surface area contributed by atoms with Crippen LogP contribution in [-0.4, -0.2) is 201 Å². The van der Waals surface area contributed by atoms with E-state index in [0.717, 1.165) is 24.3 Å². The number of alkyl halides is 3. The fourth-order valence-corrected chi connectivity index (χ4v) is 11.7. The molecule has 4 unspecified atom stereocenters. The average Bonchev–Trinajstić information content (AvgIpc) is 3.39. The Hall–Kier alpha value is -3.15. The SMILES string of the molecule is CC[C@H]1OC(=O)[C@H](C)[C@@H](OC2CC(C)(OC)[C@@H](O)[C@H](C)O2)[C@H](C)[C@@H](O[C@@H]2O[C@H](C)C[C@H](N(C)CCC(=O)N[C@H](CF)[C@H](O)c3ccc(S(=O)(=O)C(F)F)cc3)[C@H]2O)C(C)(OC)C[C@@H](C)/C(=N\OCOC)[C@H](C)[C@@H](O)C1(C)O. The molecule has 3 saturated heterocycles. The highest BCUT2D eigenvalue weighted by Gasteiger charge is 2.54. The van der Waals surface area contributed by atoms with Crippen molar-refractivity contribution in [3.05, 3.63) is 29.8 Å². The van der Waals surface area contributed by atoms with Crippen molar-refractivity contribution >= 4 is 27.4 Å². The van der Waals surface area contributed by atoms with Gasteiger partial charge in [-0.25, -0.2) is 12.8 Å². The topological polar surface area (TPSA) is 280 Å². The number of nitrogens with zero attached hydrogens (tertiary/aromatic N) is 2. The molecule has 1 aromatic rings. The van der Waals surface area contributed by atoms with E-state index in [0.29, 0.717) is 5.71 Å². The maximum atomic E-state index is 14.6. The fraction of sp³-hybridized carbons (Fsp3) is 0.827. The average molecular weight is 1130 g/mol. The number of halogens is 3. The third kappa shape index (κ3) is 15.7. The van der Waals surface area contributed by atoms with Crippen LogP contribution in [0.2, 0.25) is 0 Å². The lowest BCUT2D eigenvalue weighted by atomic mass is 9.73. The van der Waals surface area contributed by atoms with Gasteiger partial charge in [0, 0.05) is 64.5 Å². The van der Waals surface area contributed by atoms with Gasteiger partial charge in [0.2, 0.25) is 22.5 Å². The first-order valence-corrected chi connectivity index (χ1v) is 27.7. The molecule has 3 heterocycles. The molecule has 3 aliphatic heterocycles. The van der Waals surface area contributed by atoms with Gasteiger partial charge in [-0.05, 0) is 85.5 Å². The van der Waals surface area contributed by atoms with E-state index < -0.39 is 159 Å². The second kappa shape index (κ2) is 28.0. The highest BCUT2D eigenvalue weighted by molar-refractivity contribution is 7.91. The van der Waals surface area contributed by atoms with Crippen LogP contribution in [-0.2, 0) is 62.2 Å². The van der Waals surface area contributed by atoms with Gasteiger partial charge in [0.1, 0.15) is 36.7 Å². The minimum Gasteiger partial charge on any atom is -0.459 e. The molecule has 21 nitrogen and oxygen atoms in total. The number of sulfone groups is 1. The smallest absolute Gasteiger partial charge is 0.341 e. The molecule has 3 aliphatic rings. The Kier molecular flexibility index (Phi) is 24.2. The van der Waals surface area contributed by atoms with Gasteiger partial charge in [-0.3, -0.25) is 9.59 Å². The molecule has 25 heteroatoms.